The van der Waals surface area contributed by atoms with Gasteiger partial charge in [0.05, 0.1) is 11.0 Å². The quantitative estimate of drug-likeness (QED) is 0.641. The summed E-state index contributed by atoms with van der Waals surface area (Å²) in [5, 5.41) is 0. The van der Waals surface area contributed by atoms with Gasteiger partial charge < -0.3 is 0 Å². The van der Waals surface area contributed by atoms with Crippen LogP contribution in [0.3, 0.4) is 0 Å². The molecule has 3 heteroatoms. The molecule has 0 saturated heterocycles. The molecule has 70 valence electrons. The lowest BCUT2D eigenvalue weighted by atomic mass is 10.1. The highest BCUT2D eigenvalue weighted by Gasteiger charge is 2.06. The van der Waals surface area contributed by atoms with Gasteiger partial charge in [-0.15, -0.1) is 0 Å². The molecule has 0 spiro atoms. The Hall–Kier alpha value is -1.77. The van der Waals surface area contributed by atoms with Gasteiger partial charge in [-0.2, -0.15) is 0 Å². The Morgan fingerprint density at radius 1 is 1.36 bits per heavy atom. The van der Waals surface area contributed by atoms with Crippen molar-refractivity contribution in [1.29, 1.82) is 0 Å². The van der Waals surface area contributed by atoms with Gasteiger partial charge in [0.15, 0.2) is 5.78 Å². The van der Waals surface area contributed by atoms with Gasteiger partial charge in [0.1, 0.15) is 0 Å². The monoisotopic (exact) mass is 186 g/mol. The predicted octanol–water partition coefficient (Wildman–Crippen LogP) is 2.14. The van der Waals surface area contributed by atoms with E-state index in [9.17, 15) is 4.79 Å². The van der Waals surface area contributed by atoms with Crippen LogP contribution in [-0.4, -0.2) is 15.8 Å². The molecule has 0 radical (unpaired) electrons. The van der Waals surface area contributed by atoms with Crippen LogP contribution in [0.5, 0.6) is 0 Å². The molecule has 14 heavy (non-hydrogen) atoms. The normalized spacial score (nSPS) is 10.4. The van der Waals surface area contributed by atoms with Gasteiger partial charge in [-0.3, -0.25) is 14.8 Å². The van der Waals surface area contributed by atoms with E-state index in [0.29, 0.717) is 5.56 Å². The summed E-state index contributed by atoms with van der Waals surface area (Å²) in [7, 11) is 0. The first-order chi connectivity index (χ1) is 6.68. The van der Waals surface area contributed by atoms with E-state index in [1.807, 2.05) is 19.1 Å². The zero-order valence-electron chi connectivity index (χ0n) is 8.11. The topological polar surface area (TPSA) is 42.9 Å². The van der Waals surface area contributed by atoms with Gasteiger partial charge in [0, 0.05) is 17.5 Å². The van der Waals surface area contributed by atoms with E-state index < -0.39 is 0 Å². The van der Waals surface area contributed by atoms with E-state index >= 15 is 0 Å². The zero-order chi connectivity index (χ0) is 10.1. The van der Waals surface area contributed by atoms with E-state index in [2.05, 4.69) is 9.97 Å². The zero-order valence-corrected chi connectivity index (χ0v) is 8.11. The molecule has 0 amide bonds. The number of aryl methyl sites for hydroxylation is 1. The van der Waals surface area contributed by atoms with Gasteiger partial charge in [0.25, 0.3) is 0 Å². The van der Waals surface area contributed by atoms with Crippen molar-refractivity contribution >= 4 is 16.8 Å². The fourth-order valence-corrected chi connectivity index (χ4v) is 1.45. The van der Waals surface area contributed by atoms with Crippen molar-refractivity contribution in [3.8, 4) is 0 Å². The summed E-state index contributed by atoms with van der Waals surface area (Å²) in [5.41, 5.74) is 3.01. The van der Waals surface area contributed by atoms with Crippen LogP contribution in [-0.2, 0) is 0 Å². The minimum Gasteiger partial charge on any atom is -0.294 e. The minimum absolute atomic E-state index is 0.0301. The van der Waals surface area contributed by atoms with Crippen molar-refractivity contribution in [3.63, 3.8) is 0 Å². The standard InChI is InChI=1S/C11H10N2O/c1-7-9(8(2)14)6-11-10(13-7)4-3-5-12-11/h3-6H,1-2H3. The maximum atomic E-state index is 11.2. The largest absolute Gasteiger partial charge is 0.294 e. The van der Waals surface area contributed by atoms with Gasteiger partial charge in [0.2, 0.25) is 0 Å². The number of fused-ring (bicyclic) bond motifs is 1. The van der Waals surface area contributed by atoms with Crippen LogP contribution in [0.15, 0.2) is 24.4 Å². The molecule has 3 nitrogen and oxygen atoms in total. The first-order valence-corrected chi connectivity index (χ1v) is 4.42. The summed E-state index contributed by atoms with van der Waals surface area (Å²) in [4.78, 5) is 19.7. The third kappa shape index (κ3) is 1.37. The number of carbonyl (C=O) groups is 1. The first-order valence-electron chi connectivity index (χ1n) is 4.42. The number of Topliss-reactive ketones (excluding diaryl/α,β-unsaturated/α-hetero) is 1. The Morgan fingerprint density at radius 3 is 2.86 bits per heavy atom. The SMILES string of the molecule is CC(=O)c1cc2ncccc2nc1C. The minimum atomic E-state index is 0.0301. The van der Waals surface area contributed by atoms with Crippen LogP contribution >= 0.6 is 0 Å². The number of hydrogen-bond donors (Lipinski definition) is 0. The van der Waals surface area contributed by atoms with Crippen molar-refractivity contribution in [1.82, 2.24) is 9.97 Å². The number of aromatic nitrogens is 2. The summed E-state index contributed by atoms with van der Waals surface area (Å²) >= 11 is 0. The molecule has 0 fully saturated rings. The second-order valence-electron chi connectivity index (χ2n) is 3.22. The van der Waals surface area contributed by atoms with Crippen LogP contribution in [0.1, 0.15) is 23.0 Å². The molecule has 2 rings (SSSR count). The maximum absolute atomic E-state index is 11.2. The number of ketones is 1. The number of hydrogen-bond acceptors (Lipinski definition) is 3. The predicted molar refractivity (Wildman–Crippen MR) is 54.3 cm³/mol. The molecule has 2 aromatic heterocycles. The van der Waals surface area contributed by atoms with E-state index in [1.54, 1.807) is 19.2 Å². The molecule has 2 aromatic rings. The number of rotatable bonds is 1. The van der Waals surface area contributed by atoms with Crippen molar-refractivity contribution in [2.45, 2.75) is 13.8 Å². The average Bonchev–Trinajstić information content (AvgIpc) is 2.16. The van der Waals surface area contributed by atoms with Gasteiger partial charge in [-0.25, -0.2) is 0 Å². The van der Waals surface area contributed by atoms with Crippen molar-refractivity contribution in [2.75, 3.05) is 0 Å². The lowest BCUT2D eigenvalue weighted by Crippen LogP contribution is -1.99. The van der Waals surface area contributed by atoms with Crippen LogP contribution < -0.4 is 0 Å². The Kier molecular flexibility index (Phi) is 2.00. The van der Waals surface area contributed by atoms with Crippen LogP contribution in [0.25, 0.3) is 11.0 Å². The fourth-order valence-electron chi connectivity index (χ4n) is 1.45. The number of carbonyl (C=O) groups excluding carboxylic acids is 1. The van der Waals surface area contributed by atoms with Gasteiger partial charge in [-0.05, 0) is 32.0 Å². The first kappa shape index (κ1) is 8.81. The molecule has 0 bridgehead atoms. The lowest BCUT2D eigenvalue weighted by molar-refractivity contribution is 0.101. The molecule has 0 aliphatic rings. The van der Waals surface area contributed by atoms with E-state index in [1.165, 1.54) is 0 Å². The molecule has 0 aliphatic heterocycles. The number of nitrogens with zero attached hydrogens (tertiary/aromatic N) is 2. The lowest BCUT2D eigenvalue weighted by Gasteiger charge is -2.02. The molecule has 2 heterocycles. The summed E-state index contributed by atoms with van der Waals surface area (Å²) in [5.74, 6) is 0.0301. The molecule has 0 unspecified atom stereocenters. The molecule has 0 atom stereocenters. The molecule has 0 saturated carbocycles. The molecule has 0 aromatic carbocycles. The smallest absolute Gasteiger partial charge is 0.161 e. The van der Waals surface area contributed by atoms with Gasteiger partial charge >= 0.3 is 0 Å². The van der Waals surface area contributed by atoms with Crippen molar-refractivity contribution < 1.29 is 4.79 Å². The summed E-state index contributed by atoms with van der Waals surface area (Å²) < 4.78 is 0. The molecular weight excluding hydrogens is 176 g/mol. The summed E-state index contributed by atoms with van der Waals surface area (Å²) in [6.07, 6.45) is 1.70. The van der Waals surface area contributed by atoms with Crippen LogP contribution in [0.4, 0.5) is 0 Å². The van der Waals surface area contributed by atoms with E-state index in [0.717, 1.165) is 16.7 Å². The summed E-state index contributed by atoms with van der Waals surface area (Å²) in [6, 6.07) is 5.52. The van der Waals surface area contributed by atoms with E-state index in [-0.39, 0.29) is 5.78 Å². The second-order valence-corrected chi connectivity index (χ2v) is 3.22. The Bertz CT molecular complexity index is 506. The molecule has 0 N–H and O–H groups in total. The third-order valence-electron chi connectivity index (χ3n) is 2.15. The Balaban J connectivity index is 2.77. The van der Waals surface area contributed by atoms with E-state index in [4.69, 9.17) is 0 Å². The van der Waals surface area contributed by atoms with Crippen molar-refractivity contribution in [3.05, 3.63) is 35.7 Å². The average molecular weight is 186 g/mol. The van der Waals surface area contributed by atoms with Crippen LogP contribution in [0.2, 0.25) is 0 Å². The second kappa shape index (κ2) is 3.18. The van der Waals surface area contributed by atoms with Gasteiger partial charge in [-0.1, -0.05) is 0 Å². The highest BCUT2D eigenvalue weighted by atomic mass is 16.1. The third-order valence-corrected chi connectivity index (χ3v) is 2.15. The Labute approximate surface area is 81.8 Å². The molecule has 0 aliphatic carbocycles. The number of pyridine rings is 2. The summed E-state index contributed by atoms with van der Waals surface area (Å²) in [6.45, 7) is 3.38. The Morgan fingerprint density at radius 2 is 2.14 bits per heavy atom. The highest BCUT2D eigenvalue weighted by Crippen LogP contribution is 2.14. The highest BCUT2D eigenvalue weighted by molar-refractivity contribution is 5.97. The van der Waals surface area contributed by atoms with Crippen LogP contribution in [0, 0.1) is 6.92 Å². The molecular formula is C11H10N2O. The maximum Gasteiger partial charge on any atom is 0.161 e. The fraction of sp³-hybridized carbons (Fsp3) is 0.182. The van der Waals surface area contributed by atoms with Crippen molar-refractivity contribution in [2.24, 2.45) is 0 Å².